The van der Waals surface area contributed by atoms with Crippen molar-refractivity contribution in [3.63, 3.8) is 0 Å². The van der Waals surface area contributed by atoms with Crippen molar-refractivity contribution in [2.45, 2.75) is 57.3 Å². The maximum atomic E-state index is 13.2. The van der Waals surface area contributed by atoms with Gasteiger partial charge in [-0.3, -0.25) is 0 Å². The number of rotatable bonds is 9. The molecule has 9 heteroatoms. The minimum absolute atomic E-state index is 0.245. The fourth-order valence-electron chi connectivity index (χ4n) is 4.95. The van der Waals surface area contributed by atoms with Crippen LogP contribution in [0.5, 0.6) is 5.75 Å². The minimum Gasteiger partial charge on any atom is -0.495 e. The van der Waals surface area contributed by atoms with E-state index in [2.05, 4.69) is 6.58 Å². The van der Waals surface area contributed by atoms with Gasteiger partial charge in [-0.2, -0.15) is 4.31 Å². The molecule has 1 aromatic rings. The normalized spacial score (nSPS) is 21.8. The quantitative estimate of drug-likeness (QED) is 0.477. The van der Waals surface area contributed by atoms with E-state index in [9.17, 15) is 12.6 Å². The molecule has 2 fully saturated rings. The zero-order chi connectivity index (χ0) is 24.9. The summed E-state index contributed by atoms with van der Waals surface area (Å²) in [4.78, 5) is 0.806. The molecule has 190 valence electrons. The molecule has 0 aromatic heterocycles. The summed E-state index contributed by atoms with van der Waals surface area (Å²) in [7, 11) is -4.94. The molecule has 0 spiro atoms. The Kier molecular flexibility index (Phi) is 9.00. The lowest BCUT2D eigenvalue weighted by atomic mass is 9.86. The summed E-state index contributed by atoms with van der Waals surface area (Å²) < 4.78 is 56.2. The topological polar surface area (TPSA) is 90.8 Å². The monoisotopic (exact) mass is 509 g/mol. The molecule has 0 aliphatic carbocycles. The smallest absolute Gasteiger partial charge is 0.246 e. The number of benzene rings is 1. The van der Waals surface area contributed by atoms with Gasteiger partial charge >= 0.3 is 0 Å². The average Bonchev–Trinajstić information content (AvgIpc) is 2.83. The number of hydrogen-bond acceptors (Lipinski definition) is 5. The van der Waals surface area contributed by atoms with Crippen molar-refractivity contribution < 1.29 is 17.4 Å². The maximum Gasteiger partial charge on any atom is 0.246 e. The molecular formula is C25H39N3O4S2. The SMILES string of the molecule is C=C/C=C(\C)S(=N)(=O)N1CCC(CCC2CCN(S(=O)(=O)c3ccc(C)cc3OC)CC2)CC1. The number of piperidine rings is 2. The van der Waals surface area contributed by atoms with Gasteiger partial charge in [-0.1, -0.05) is 31.6 Å². The third-order valence-electron chi connectivity index (χ3n) is 7.22. The number of allylic oxidation sites excluding steroid dienone is 3. The highest BCUT2D eigenvalue weighted by Crippen LogP contribution is 2.33. The van der Waals surface area contributed by atoms with Crippen LogP contribution in [0.3, 0.4) is 0 Å². The number of aryl methyl sites for hydroxylation is 1. The van der Waals surface area contributed by atoms with Gasteiger partial charge in [-0.05, 0) is 75.1 Å². The molecule has 1 unspecified atom stereocenters. The molecular weight excluding hydrogens is 470 g/mol. The van der Waals surface area contributed by atoms with Crippen LogP contribution in [0.2, 0.25) is 0 Å². The number of ether oxygens (including phenoxy) is 1. The van der Waals surface area contributed by atoms with Gasteiger partial charge in [0.05, 0.1) is 7.11 Å². The predicted octanol–water partition coefficient (Wildman–Crippen LogP) is 4.95. The lowest BCUT2D eigenvalue weighted by Gasteiger charge is -2.35. The van der Waals surface area contributed by atoms with E-state index < -0.39 is 19.9 Å². The molecule has 0 saturated carbocycles. The maximum absolute atomic E-state index is 13.2. The van der Waals surface area contributed by atoms with Gasteiger partial charge in [0.25, 0.3) is 0 Å². The molecule has 0 bridgehead atoms. The van der Waals surface area contributed by atoms with Gasteiger partial charge in [0.1, 0.15) is 20.6 Å². The first kappa shape index (κ1) is 26.9. The van der Waals surface area contributed by atoms with Gasteiger partial charge in [0, 0.05) is 31.1 Å². The van der Waals surface area contributed by atoms with Crippen LogP contribution in [0, 0.1) is 23.5 Å². The van der Waals surface area contributed by atoms with Gasteiger partial charge in [-0.15, -0.1) is 0 Å². The van der Waals surface area contributed by atoms with E-state index in [1.807, 2.05) is 17.3 Å². The van der Waals surface area contributed by atoms with E-state index in [1.165, 1.54) is 7.11 Å². The van der Waals surface area contributed by atoms with E-state index >= 15 is 0 Å². The molecule has 1 aromatic carbocycles. The summed E-state index contributed by atoms with van der Waals surface area (Å²) in [5, 5.41) is 0. The summed E-state index contributed by atoms with van der Waals surface area (Å²) in [6.45, 7) is 9.75. The standard InChI is InChI=1S/C25H39N3O4S2/c1-5-6-21(3)33(26,29)27-15-11-22(12-16-27)8-9-23-13-17-28(18-14-23)34(30,31)25-10-7-20(2)19-24(25)32-4/h5-7,10,19,22-23,26H,1,8-9,11-18H2,2-4H3/b21-6+. The Hall–Kier alpha value is -1.68. The van der Waals surface area contributed by atoms with Crippen LogP contribution in [-0.2, 0) is 19.9 Å². The van der Waals surface area contributed by atoms with E-state index in [4.69, 9.17) is 9.52 Å². The highest BCUT2D eigenvalue weighted by Gasteiger charge is 2.32. The molecule has 34 heavy (non-hydrogen) atoms. The lowest BCUT2D eigenvalue weighted by molar-refractivity contribution is 0.222. The molecule has 2 aliphatic rings. The average molecular weight is 510 g/mol. The van der Waals surface area contributed by atoms with Gasteiger partial charge in [0.15, 0.2) is 0 Å². The number of nitrogens with one attached hydrogen (secondary N) is 1. The van der Waals surface area contributed by atoms with Crippen LogP contribution < -0.4 is 4.74 Å². The van der Waals surface area contributed by atoms with Crippen molar-refractivity contribution in [3.8, 4) is 5.75 Å². The Labute approximate surface area is 206 Å². The van der Waals surface area contributed by atoms with Gasteiger partial charge in [0.2, 0.25) is 10.0 Å². The van der Waals surface area contributed by atoms with Crippen molar-refractivity contribution in [2.24, 2.45) is 11.8 Å². The van der Waals surface area contributed by atoms with E-state index in [1.54, 1.807) is 35.5 Å². The first-order valence-electron chi connectivity index (χ1n) is 12.1. The second-order valence-corrected chi connectivity index (χ2v) is 13.6. The highest BCUT2D eigenvalue weighted by atomic mass is 32.2. The molecule has 1 N–H and O–H groups in total. The number of methoxy groups -OCH3 is 1. The first-order chi connectivity index (χ1) is 16.1. The number of nitrogens with zero attached hydrogens (tertiary/aromatic N) is 2. The van der Waals surface area contributed by atoms with E-state index in [0.29, 0.717) is 48.7 Å². The van der Waals surface area contributed by atoms with Crippen LogP contribution in [0.1, 0.15) is 51.0 Å². The Balaban J connectivity index is 1.48. The van der Waals surface area contributed by atoms with Gasteiger partial charge < -0.3 is 4.74 Å². The summed E-state index contributed by atoms with van der Waals surface area (Å²) in [6, 6.07) is 5.22. The molecule has 0 amide bonds. The van der Waals surface area contributed by atoms with Crippen molar-refractivity contribution in [1.82, 2.24) is 8.61 Å². The summed E-state index contributed by atoms with van der Waals surface area (Å²) in [5.74, 6) is 1.51. The number of hydrogen-bond donors (Lipinski definition) is 1. The molecule has 1 atom stereocenters. The molecule has 2 saturated heterocycles. The fraction of sp³-hybridized carbons (Fsp3) is 0.600. The van der Waals surface area contributed by atoms with Crippen molar-refractivity contribution >= 4 is 19.9 Å². The third kappa shape index (κ3) is 6.11. The predicted molar refractivity (Wildman–Crippen MR) is 138 cm³/mol. The van der Waals surface area contributed by atoms with E-state index in [-0.39, 0.29) is 4.90 Å². The van der Waals surface area contributed by atoms with Crippen molar-refractivity contribution in [2.75, 3.05) is 33.3 Å². The summed E-state index contributed by atoms with van der Waals surface area (Å²) >= 11 is 0. The summed E-state index contributed by atoms with van der Waals surface area (Å²) in [5.41, 5.74) is 0.966. The fourth-order valence-corrected chi connectivity index (χ4v) is 7.97. The zero-order valence-electron chi connectivity index (χ0n) is 20.7. The second kappa shape index (κ2) is 11.4. The van der Waals surface area contributed by atoms with Crippen molar-refractivity contribution in [3.05, 3.63) is 47.4 Å². The molecule has 3 rings (SSSR count). The number of sulfonamides is 1. The Morgan fingerprint density at radius 1 is 1.06 bits per heavy atom. The van der Waals surface area contributed by atoms with Crippen molar-refractivity contribution in [1.29, 1.82) is 4.78 Å². The lowest BCUT2D eigenvalue weighted by Crippen LogP contribution is -2.39. The largest absolute Gasteiger partial charge is 0.495 e. The summed E-state index contributed by atoms with van der Waals surface area (Å²) in [6.07, 6.45) is 9.12. The first-order valence-corrected chi connectivity index (χ1v) is 15.0. The van der Waals surface area contributed by atoms with Gasteiger partial charge in [-0.25, -0.2) is 21.7 Å². The van der Waals surface area contributed by atoms with Crippen LogP contribution in [-0.4, -0.2) is 54.5 Å². The van der Waals surface area contributed by atoms with Crippen LogP contribution in [0.4, 0.5) is 0 Å². The molecule has 0 radical (unpaired) electrons. The van der Waals surface area contributed by atoms with Crippen LogP contribution in [0.25, 0.3) is 0 Å². The van der Waals surface area contributed by atoms with E-state index in [0.717, 1.165) is 44.1 Å². The third-order valence-corrected chi connectivity index (χ3v) is 11.3. The Bertz CT molecular complexity index is 1100. The van der Waals surface area contributed by atoms with Crippen LogP contribution in [0.15, 0.2) is 46.7 Å². The molecule has 7 nitrogen and oxygen atoms in total. The highest BCUT2D eigenvalue weighted by molar-refractivity contribution is 7.94. The van der Waals surface area contributed by atoms with Crippen LogP contribution >= 0.6 is 0 Å². The minimum atomic E-state index is -3.56. The Morgan fingerprint density at radius 2 is 1.59 bits per heavy atom. The Morgan fingerprint density at radius 3 is 2.09 bits per heavy atom. The second-order valence-electron chi connectivity index (χ2n) is 9.49. The molecule has 2 aliphatic heterocycles. The zero-order valence-corrected chi connectivity index (χ0v) is 22.3. The molecule has 2 heterocycles.